The van der Waals surface area contributed by atoms with Crippen molar-refractivity contribution in [2.45, 2.75) is 12.6 Å². The second-order valence-corrected chi connectivity index (χ2v) is 4.21. The van der Waals surface area contributed by atoms with Gasteiger partial charge in [0.05, 0.1) is 0 Å². The molecular weight excluding hydrogens is 215 g/mol. The molecule has 1 unspecified atom stereocenters. The number of hydrogen-bond donors (Lipinski definition) is 1. The van der Waals surface area contributed by atoms with Gasteiger partial charge in [0.25, 0.3) is 0 Å². The maximum Gasteiger partial charge on any atom is 0.154 e. The summed E-state index contributed by atoms with van der Waals surface area (Å²) < 4.78 is 14.4. The number of rotatable bonds is 2. The summed E-state index contributed by atoms with van der Waals surface area (Å²) in [4.78, 5) is 3.96. The maximum absolute atomic E-state index is 14.4. The van der Waals surface area contributed by atoms with E-state index in [2.05, 4.69) is 16.4 Å². The van der Waals surface area contributed by atoms with Gasteiger partial charge >= 0.3 is 0 Å². The lowest BCUT2D eigenvalue weighted by atomic mass is 10.00. The SMILES string of the molecule is FC(c1cccnc1)c1cccc2c1NCC2. The Morgan fingerprint density at radius 3 is 3.00 bits per heavy atom. The normalized spacial score (nSPS) is 15.1. The predicted octanol–water partition coefficient (Wildman–Crippen LogP) is 3.11. The lowest BCUT2D eigenvalue weighted by molar-refractivity contribution is 0.402. The third kappa shape index (κ3) is 1.78. The monoisotopic (exact) mass is 228 g/mol. The largest absolute Gasteiger partial charge is 0.384 e. The molecule has 86 valence electrons. The smallest absolute Gasteiger partial charge is 0.154 e. The minimum Gasteiger partial charge on any atom is -0.384 e. The van der Waals surface area contributed by atoms with Gasteiger partial charge in [-0.2, -0.15) is 0 Å². The van der Waals surface area contributed by atoms with Gasteiger partial charge in [-0.05, 0) is 18.1 Å². The standard InChI is InChI=1S/C14H13FN2/c15-13(11-4-2-7-16-9-11)12-5-1-3-10-6-8-17-14(10)12/h1-5,7,9,13,17H,6,8H2. The topological polar surface area (TPSA) is 24.9 Å². The van der Waals surface area contributed by atoms with Crippen LogP contribution in [-0.2, 0) is 6.42 Å². The van der Waals surface area contributed by atoms with Crippen LogP contribution in [0.2, 0.25) is 0 Å². The first-order chi connectivity index (χ1) is 8.36. The second-order valence-electron chi connectivity index (χ2n) is 4.21. The number of hydrogen-bond acceptors (Lipinski definition) is 2. The molecular formula is C14H13FN2. The Labute approximate surface area is 99.5 Å². The first-order valence-corrected chi connectivity index (χ1v) is 5.76. The van der Waals surface area contributed by atoms with Crippen LogP contribution in [0.3, 0.4) is 0 Å². The van der Waals surface area contributed by atoms with Crippen molar-refractivity contribution >= 4 is 5.69 Å². The molecule has 1 aliphatic heterocycles. The average Bonchev–Trinajstić information content (AvgIpc) is 2.87. The summed E-state index contributed by atoms with van der Waals surface area (Å²) in [5, 5.41) is 3.26. The van der Waals surface area contributed by atoms with Crippen LogP contribution in [0.25, 0.3) is 0 Å². The third-order valence-corrected chi connectivity index (χ3v) is 3.13. The molecule has 2 aromatic rings. The van der Waals surface area contributed by atoms with E-state index in [1.807, 2.05) is 12.1 Å². The third-order valence-electron chi connectivity index (χ3n) is 3.13. The minimum atomic E-state index is -1.11. The van der Waals surface area contributed by atoms with Crippen LogP contribution in [0.1, 0.15) is 22.9 Å². The van der Waals surface area contributed by atoms with Crippen LogP contribution < -0.4 is 5.32 Å². The quantitative estimate of drug-likeness (QED) is 0.854. The zero-order valence-electron chi connectivity index (χ0n) is 9.36. The van der Waals surface area contributed by atoms with Crippen molar-refractivity contribution < 1.29 is 4.39 Å². The minimum absolute atomic E-state index is 0.606. The zero-order valence-corrected chi connectivity index (χ0v) is 9.36. The summed E-state index contributed by atoms with van der Waals surface area (Å²) >= 11 is 0. The molecule has 1 aromatic carbocycles. The van der Waals surface area contributed by atoms with E-state index >= 15 is 0 Å². The number of aromatic nitrogens is 1. The molecule has 1 N–H and O–H groups in total. The highest BCUT2D eigenvalue weighted by atomic mass is 19.1. The van der Waals surface area contributed by atoms with E-state index in [1.54, 1.807) is 24.5 Å². The van der Waals surface area contributed by atoms with Gasteiger partial charge in [0.2, 0.25) is 0 Å². The van der Waals surface area contributed by atoms with E-state index < -0.39 is 6.17 Å². The number of pyridine rings is 1. The van der Waals surface area contributed by atoms with Crippen LogP contribution in [0, 0.1) is 0 Å². The van der Waals surface area contributed by atoms with Crippen molar-refractivity contribution in [2.75, 3.05) is 11.9 Å². The molecule has 1 atom stereocenters. The molecule has 1 aliphatic rings. The summed E-state index contributed by atoms with van der Waals surface area (Å²) in [6, 6.07) is 9.35. The summed E-state index contributed by atoms with van der Waals surface area (Å²) in [6.07, 6.45) is 3.11. The first kappa shape index (κ1) is 10.3. The van der Waals surface area contributed by atoms with E-state index in [-0.39, 0.29) is 0 Å². The zero-order chi connectivity index (χ0) is 11.7. The van der Waals surface area contributed by atoms with Crippen LogP contribution in [0.15, 0.2) is 42.7 Å². The van der Waals surface area contributed by atoms with E-state index in [0.717, 1.165) is 18.7 Å². The summed E-state index contributed by atoms with van der Waals surface area (Å²) in [5.74, 6) is 0. The lowest BCUT2D eigenvalue weighted by Gasteiger charge is -2.13. The van der Waals surface area contributed by atoms with Crippen molar-refractivity contribution in [1.82, 2.24) is 4.98 Å². The molecule has 2 nitrogen and oxygen atoms in total. The molecule has 0 radical (unpaired) electrons. The van der Waals surface area contributed by atoms with E-state index in [4.69, 9.17) is 0 Å². The lowest BCUT2D eigenvalue weighted by Crippen LogP contribution is -2.00. The Bertz CT molecular complexity index is 525. The van der Waals surface area contributed by atoms with Gasteiger partial charge in [-0.15, -0.1) is 0 Å². The number of halogens is 1. The van der Waals surface area contributed by atoms with Gasteiger partial charge in [-0.25, -0.2) is 4.39 Å². The summed E-state index contributed by atoms with van der Waals surface area (Å²) in [6.45, 7) is 0.895. The van der Waals surface area contributed by atoms with Crippen LogP contribution in [0.4, 0.5) is 10.1 Å². The van der Waals surface area contributed by atoms with E-state index in [0.29, 0.717) is 11.1 Å². The second kappa shape index (κ2) is 4.17. The van der Waals surface area contributed by atoms with Crippen molar-refractivity contribution in [3.05, 3.63) is 59.4 Å². The highest BCUT2D eigenvalue weighted by Gasteiger charge is 2.21. The van der Waals surface area contributed by atoms with E-state index in [9.17, 15) is 4.39 Å². The molecule has 0 bridgehead atoms. The molecule has 3 heteroatoms. The fraction of sp³-hybridized carbons (Fsp3) is 0.214. The highest BCUT2D eigenvalue weighted by molar-refractivity contribution is 5.63. The average molecular weight is 228 g/mol. The van der Waals surface area contributed by atoms with Crippen molar-refractivity contribution in [1.29, 1.82) is 0 Å². The molecule has 0 fully saturated rings. The van der Waals surface area contributed by atoms with Crippen molar-refractivity contribution in [3.8, 4) is 0 Å². The summed E-state index contributed by atoms with van der Waals surface area (Å²) in [7, 11) is 0. The van der Waals surface area contributed by atoms with Gasteiger partial charge in [-0.3, -0.25) is 4.98 Å². The molecule has 3 rings (SSSR count). The van der Waals surface area contributed by atoms with Gasteiger partial charge in [0.15, 0.2) is 6.17 Å². The summed E-state index contributed by atoms with van der Waals surface area (Å²) in [5.41, 5.74) is 3.49. The van der Waals surface area contributed by atoms with Gasteiger partial charge in [0.1, 0.15) is 0 Å². The number of nitrogens with zero attached hydrogens (tertiary/aromatic N) is 1. The molecule has 17 heavy (non-hydrogen) atoms. The Morgan fingerprint density at radius 1 is 1.24 bits per heavy atom. The van der Waals surface area contributed by atoms with E-state index in [1.165, 1.54) is 5.56 Å². The number of fused-ring (bicyclic) bond motifs is 1. The Balaban J connectivity index is 2.03. The highest BCUT2D eigenvalue weighted by Crippen LogP contribution is 2.35. The van der Waals surface area contributed by atoms with Crippen molar-refractivity contribution in [3.63, 3.8) is 0 Å². The van der Waals surface area contributed by atoms with Crippen LogP contribution in [-0.4, -0.2) is 11.5 Å². The Morgan fingerprint density at radius 2 is 2.18 bits per heavy atom. The molecule has 0 saturated carbocycles. The molecule has 0 amide bonds. The molecule has 0 spiro atoms. The van der Waals surface area contributed by atoms with Crippen LogP contribution in [0.5, 0.6) is 0 Å². The fourth-order valence-corrected chi connectivity index (χ4v) is 2.28. The molecule has 0 aliphatic carbocycles. The molecule has 1 aromatic heterocycles. The fourth-order valence-electron chi connectivity index (χ4n) is 2.28. The molecule has 2 heterocycles. The number of nitrogens with one attached hydrogen (secondary N) is 1. The van der Waals surface area contributed by atoms with Gasteiger partial charge < -0.3 is 5.32 Å². The number of alkyl halides is 1. The van der Waals surface area contributed by atoms with Gasteiger partial charge in [0, 0.05) is 35.8 Å². The number of para-hydroxylation sites is 1. The van der Waals surface area contributed by atoms with Crippen molar-refractivity contribution in [2.24, 2.45) is 0 Å². The maximum atomic E-state index is 14.4. The number of anilines is 1. The number of benzene rings is 1. The van der Waals surface area contributed by atoms with Crippen LogP contribution >= 0.6 is 0 Å². The molecule has 0 saturated heterocycles. The first-order valence-electron chi connectivity index (χ1n) is 5.76. The Kier molecular flexibility index (Phi) is 2.52. The van der Waals surface area contributed by atoms with Gasteiger partial charge in [-0.1, -0.05) is 24.3 Å². The predicted molar refractivity (Wildman–Crippen MR) is 65.8 cm³/mol. The Hall–Kier alpha value is -1.90.